The van der Waals surface area contributed by atoms with E-state index in [4.69, 9.17) is 8.83 Å². The molecule has 0 saturated carbocycles. The fourth-order valence-electron chi connectivity index (χ4n) is 9.59. The Morgan fingerprint density at radius 3 is 1.58 bits per heavy atom. The van der Waals surface area contributed by atoms with Crippen molar-refractivity contribution in [3.63, 3.8) is 0 Å². The first kappa shape index (κ1) is 29.7. The molecule has 2 aromatic heterocycles. The molecular formula is C48H38N2O2. The second-order valence-corrected chi connectivity index (χ2v) is 15.8. The van der Waals surface area contributed by atoms with Crippen molar-refractivity contribution < 1.29 is 8.83 Å². The summed E-state index contributed by atoms with van der Waals surface area (Å²) in [6, 6.07) is 44.0. The summed E-state index contributed by atoms with van der Waals surface area (Å²) in [5.74, 6) is 0.391. The van der Waals surface area contributed by atoms with Crippen LogP contribution >= 0.6 is 0 Å². The zero-order chi connectivity index (χ0) is 34.9. The van der Waals surface area contributed by atoms with Gasteiger partial charge in [0.2, 0.25) is 0 Å². The highest BCUT2D eigenvalue weighted by atomic mass is 16.3. The molecule has 0 bridgehead atoms. The van der Waals surface area contributed by atoms with Crippen LogP contribution < -0.4 is 9.80 Å². The van der Waals surface area contributed by atoms with Crippen molar-refractivity contribution >= 4 is 72.3 Å². The molecule has 0 spiro atoms. The highest BCUT2D eigenvalue weighted by molar-refractivity contribution is 6.16. The molecule has 6 aromatic carbocycles. The minimum atomic E-state index is -0.108. The third-order valence-corrected chi connectivity index (χ3v) is 12.3. The normalized spacial score (nSPS) is 18.4. The smallest absolute Gasteiger partial charge is 0.136 e. The Kier molecular flexibility index (Phi) is 5.88. The summed E-state index contributed by atoms with van der Waals surface area (Å²) in [6.07, 6.45) is 7.85. The molecular weight excluding hydrogens is 637 g/mol. The molecule has 1 atom stereocenters. The monoisotopic (exact) mass is 674 g/mol. The van der Waals surface area contributed by atoms with Crippen LogP contribution in [-0.2, 0) is 10.8 Å². The molecule has 11 rings (SSSR count). The molecule has 4 heterocycles. The summed E-state index contributed by atoms with van der Waals surface area (Å²) in [5, 5.41) is 4.28. The van der Waals surface area contributed by atoms with E-state index in [-0.39, 0.29) is 10.8 Å². The summed E-state index contributed by atoms with van der Waals surface area (Å²) in [6.45, 7) is 9.42. The number of para-hydroxylation sites is 3. The number of anilines is 5. The molecule has 1 unspecified atom stereocenters. The Labute approximate surface area is 302 Å². The van der Waals surface area contributed by atoms with Gasteiger partial charge in [0, 0.05) is 61.1 Å². The topological polar surface area (TPSA) is 32.8 Å². The van der Waals surface area contributed by atoms with Crippen molar-refractivity contribution in [3.8, 4) is 0 Å². The Hall–Kier alpha value is -6.00. The summed E-state index contributed by atoms with van der Waals surface area (Å²) in [5.41, 5.74) is 14.7. The van der Waals surface area contributed by atoms with Crippen molar-refractivity contribution in [1.82, 2.24) is 0 Å². The quantitative estimate of drug-likeness (QED) is 0.183. The summed E-state index contributed by atoms with van der Waals surface area (Å²) in [7, 11) is 0. The molecule has 0 fully saturated rings. The number of fused-ring (bicyclic) bond motifs is 10. The zero-order valence-corrected chi connectivity index (χ0v) is 29.8. The first-order valence-electron chi connectivity index (χ1n) is 18.4. The predicted molar refractivity (Wildman–Crippen MR) is 215 cm³/mol. The van der Waals surface area contributed by atoms with Crippen LogP contribution in [0.2, 0.25) is 0 Å². The van der Waals surface area contributed by atoms with Gasteiger partial charge < -0.3 is 18.6 Å². The molecule has 0 saturated heterocycles. The van der Waals surface area contributed by atoms with Crippen molar-refractivity contribution in [1.29, 1.82) is 0 Å². The first-order chi connectivity index (χ1) is 25.3. The number of hydrogen-bond donors (Lipinski definition) is 0. The van der Waals surface area contributed by atoms with Crippen LogP contribution in [-0.4, -0.2) is 0 Å². The maximum absolute atomic E-state index is 6.60. The average Bonchev–Trinajstić information content (AvgIpc) is 3.71. The number of hydrogen-bond acceptors (Lipinski definition) is 4. The number of nitrogens with zero attached hydrogens (tertiary/aromatic N) is 2. The standard InChI is InChI=1S/C48H38N2O2/c1-47(2)35-13-5-9-17-39(35)49(40-18-10-6-14-36(40)47)29-21-23-43-31(25-29)33-27-46-34(28-45(33)51-43)32-26-30(22-24-44(32)52-46)50-41-19-11-7-15-37(41)48(3,4)38-16-8-12-20-42(38)50/h5-15,17-28,38H,16H2,1-4H3. The molecule has 52 heavy (non-hydrogen) atoms. The Morgan fingerprint density at radius 2 is 1.00 bits per heavy atom. The number of benzene rings is 6. The summed E-state index contributed by atoms with van der Waals surface area (Å²) >= 11 is 0. The molecule has 2 aliphatic heterocycles. The van der Waals surface area contributed by atoms with Crippen LogP contribution in [0, 0.1) is 5.92 Å². The number of furan rings is 2. The largest absolute Gasteiger partial charge is 0.456 e. The molecule has 4 heteroatoms. The SMILES string of the molecule is CC1(C)c2ccccc2N(c2ccc3oc4cc5c(cc4c3c2)oc2ccc(N3C4=CC=CCC4C(C)(C)c4ccccc43)cc25)c2ccccc21. The lowest BCUT2D eigenvalue weighted by Gasteiger charge is -2.48. The van der Waals surface area contributed by atoms with Crippen LogP contribution in [0.1, 0.15) is 50.8 Å². The van der Waals surface area contributed by atoms with Crippen molar-refractivity contribution in [3.05, 3.63) is 162 Å². The lowest BCUT2D eigenvalue weighted by molar-refractivity contribution is 0.349. The fraction of sp³-hybridized carbons (Fsp3) is 0.167. The lowest BCUT2D eigenvalue weighted by Crippen LogP contribution is -2.42. The van der Waals surface area contributed by atoms with Gasteiger partial charge in [0.25, 0.3) is 0 Å². The van der Waals surface area contributed by atoms with Gasteiger partial charge in [-0.1, -0.05) is 94.4 Å². The van der Waals surface area contributed by atoms with Crippen LogP contribution in [0.4, 0.5) is 28.4 Å². The number of allylic oxidation sites excluding steroid dienone is 4. The Balaban J connectivity index is 1.07. The van der Waals surface area contributed by atoms with Gasteiger partial charge >= 0.3 is 0 Å². The van der Waals surface area contributed by atoms with Gasteiger partial charge in [-0.15, -0.1) is 0 Å². The third kappa shape index (κ3) is 3.92. The Morgan fingerprint density at radius 1 is 0.519 bits per heavy atom. The van der Waals surface area contributed by atoms with Crippen molar-refractivity contribution in [2.24, 2.45) is 5.92 Å². The van der Waals surface area contributed by atoms with Gasteiger partial charge in [0.1, 0.15) is 22.3 Å². The minimum absolute atomic E-state index is 0.0280. The molecule has 1 aliphatic carbocycles. The van der Waals surface area contributed by atoms with Crippen molar-refractivity contribution in [2.45, 2.75) is 44.9 Å². The summed E-state index contributed by atoms with van der Waals surface area (Å²) < 4.78 is 13.2. The lowest BCUT2D eigenvalue weighted by atomic mass is 9.66. The zero-order valence-electron chi connectivity index (χ0n) is 29.8. The highest BCUT2D eigenvalue weighted by Gasteiger charge is 2.43. The Bertz CT molecular complexity index is 2810. The van der Waals surface area contributed by atoms with E-state index in [1.165, 1.54) is 39.4 Å². The molecule has 0 amide bonds. The summed E-state index contributed by atoms with van der Waals surface area (Å²) in [4.78, 5) is 4.86. The number of rotatable bonds is 2. The molecule has 252 valence electrons. The van der Waals surface area contributed by atoms with Gasteiger partial charge in [0.15, 0.2) is 0 Å². The van der Waals surface area contributed by atoms with Gasteiger partial charge in [-0.05, 0) is 95.9 Å². The van der Waals surface area contributed by atoms with Gasteiger partial charge in [-0.2, -0.15) is 0 Å². The first-order valence-corrected chi connectivity index (χ1v) is 18.4. The van der Waals surface area contributed by atoms with Crippen LogP contribution in [0.15, 0.2) is 154 Å². The molecule has 0 N–H and O–H groups in total. The van der Waals surface area contributed by atoms with E-state index >= 15 is 0 Å². The second kappa shape index (κ2) is 10.3. The van der Waals surface area contributed by atoms with E-state index in [0.29, 0.717) is 5.92 Å². The maximum atomic E-state index is 6.60. The third-order valence-electron chi connectivity index (χ3n) is 12.3. The predicted octanol–water partition coefficient (Wildman–Crippen LogP) is 13.5. The van der Waals surface area contributed by atoms with Crippen LogP contribution in [0.3, 0.4) is 0 Å². The van der Waals surface area contributed by atoms with E-state index in [1.54, 1.807) is 0 Å². The van der Waals surface area contributed by atoms with Crippen LogP contribution in [0.5, 0.6) is 0 Å². The molecule has 0 radical (unpaired) electrons. The van der Waals surface area contributed by atoms with E-state index in [9.17, 15) is 0 Å². The fourth-order valence-corrected chi connectivity index (χ4v) is 9.59. The molecule has 4 nitrogen and oxygen atoms in total. The van der Waals surface area contributed by atoms with E-state index in [1.807, 2.05) is 0 Å². The van der Waals surface area contributed by atoms with E-state index < -0.39 is 0 Å². The minimum Gasteiger partial charge on any atom is -0.456 e. The molecule has 8 aromatic rings. The van der Waals surface area contributed by atoms with Crippen molar-refractivity contribution in [2.75, 3.05) is 9.80 Å². The van der Waals surface area contributed by atoms with E-state index in [0.717, 1.165) is 61.7 Å². The second-order valence-electron chi connectivity index (χ2n) is 15.8. The van der Waals surface area contributed by atoms with Gasteiger partial charge in [-0.3, -0.25) is 0 Å². The average molecular weight is 675 g/mol. The van der Waals surface area contributed by atoms with E-state index in [2.05, 4.69) is 177 Å². The maximum Gasteiger partial charge on any atom is 0.136 e. The van der Waals surface area contributed by atoms with Crippen LogP contribution in [0.25, 0.3) is 43.9 Å². The molecule has 3 aliphatic rings. The van der Waals surface area contributed by atoms with Gasteiger partial charge in [0.05, 0.1) is 11.4 Å². The highest BCUT2D eigenvalue weighted by Crippen LogP contribution is 2.54. The van der Waals surface area contributed by atoms with Gasteiger partial charge in [-0.25, -0.2) is 0 Å².